The first-order valence-corrected chi connectivity index (χ1v) is 10.1. The van der Waals surface area contributed by atoms with Crippen molar-refractivity contribution < 1.29 is 54.2 Å². The van der Waals surface area contributed by atoms with Crippen LogP contribution < -0.4 is 45.3 Å². The van der Waals surface area contributed by atoms with Gasteiger partial charge in [-0.3, -0.25) is 9.59 Å². The summed E-state index contributed by atoms with van der Waals surface area (Å²) in [4.78, 5) is 37.3. The summed E-state index contributed by atoms with van der Waals surface area (Å²) in [5.74, 6) is -2.47. The number of benzene rings is 3. The van der Waals surface area contributed by atoms with E-state index in [1.807, 2.05) is 30.3 Å². The summed E-state index contributed by atoms with van der Waals surface area (Å²) in [6.45, 7) is 0. The molecule has 0 unspecified atom stereocenters. The van der Waals surface area contributed by atoms with E-state index < -0.39 is 29.9 Å². The van der Waals surface area contributed by atoms with Gasteiger partial charge in [0.05, 0.1) is 12.0 Å². The van der Waals surface area contributed by atoms with E-state index in [0.717, 1.165) is 5.56 Å². The van der Waals surface area contributed by atoms with Gasteiger partial charge in [-0.2, -0.15) is 0 Å². The van der Waals surface area contributed by atoms with Crippen LogP contribution in [0, 0.1) is 0 Å². The van der Waals surface area contributed by atoms with Gasteiger partial charge in [0.1, 0.15) is 11.8 Å². The van der Waals surface area contributed by atoms with Gasteiger partial charge >= 0.3 is 29.6 Å². The Bertz CT molecular complexity index is 1060. The van der Waals surface area contributed by atoms with Crippen molar-refractivity contribution in [3.8, 4) is 5.75 Å². The molecule has 2 amide bonds. The van der Waals surface area contributed by atoms with Gasteiger partial charge in [-0.25, -0.2) is 0 Å². The summed E-state index contributed by atoms with van der Waals surface area (Å²) in [5.41, 5.74) is 1.80. The minimum absolute atomic E-state index is 0. The zero-order valence-electron chi connectivity index (χ0n) is 18.2. The molecule has 0 saturated heterocycles. The predicted molar refractivity (Wildman–Crippen MR) is 117 cm³/mol. The number of aliphatic carboxylic acids is 1. The molecule has 164 valence electrons. The maximum Gasteiger partial charge on any atom is 1.00 e. The molecule has 7 nitrogen and oxygen atoms in total. The summed E-state index contributed by atoms with van der Waals surface area (Å²) < 4.78 is 0. The molecule has 0 heterocycles. The molecule has 0 aliphatic carbocycles. The molecule has 0 spiro atoms. The number of carbonyl (C=O) groups is 3. The second kappa shape index (κ2) is 12.8. The van der Waals surface area contributed by atoms with Gasteiger partial charge in [-0.15, -0.1) is 0 Å². The molecule has 0 aromatic heterocycles. The average molecular weight is 454 g/mol. The fraction of sp³-hybridized carbons (Fsp3) is 0.160. The van der Waals surface area contributed by atoms with Gasteiger partial charge < -0.3 is 25.6 Å². The van der Waals surface area contributed by atoms with Gasteiger partial charge in [-0.1, -0.05) is 60.7 Å². The number of phenolic OH excluding ortho intramolecular Hbond substituents is 1. The van der Waals surface area contributed by atoms with Crippen LogP contribution in [0.15, 0.2) is 84.9 Å². The molecule has 3 N–H and O–H groups in total. The largest absolute Gasteiger partial charge is 1.00 e. The number of nitrogens with one attached hydrogen (secondary N) is 2. The Morgan fingerprint density at radius 2 is 1.24 bits per heavy atom. The number of hydrogen-bond donors (Lipinski definition) is 3. The predicted octanol–water partition coefficient (Wildman–Crippen LogP) is -1.79. The molecule has 33 heavy (non-hydrogen) atoms. The topological polar surface area (TPSA) is 119 Å². The molecular weight excluding hydrogens is 431 g/mol. The second-order valence-electron chi connectivity index (χ2n) is 7.33. The van der Waals surface area contributed by atoms with Gasteiger partial charge in [0.15, 0.2) is 0 Å². The van der Waals surface area contributed by atoms with E-state index in [1.165, 1.54) is 12.1 Å². The quantitative estimate of drug-likeness (QED) is 0.330. The van der Waals surface area contributed by atoms with E-state index in [4.69, 9.17) is 0 Å². The molecule has 0 aliphatic rings. The summed E-state index contributed by atoms with van der Waals surface area (Å²) >= 11 is 0. The van der Waals surface area contributed by atoms with Crippen molar-refractivity contribution in [1.82, 2.24) is 10.6 Å². The number of hydrogen-bond acceptors (Lipinski definition) is 5. The molecule has 3 aromatic rings. The number of carboxylic acid groups (broad SMARTS) is 1. The number of carboxylic acids is 1. The van der Waals surface area contributed by atoms with Crippen LogP contribution in [0.3, 0.4) is 0 Å². The van der Waals surface area contributed by atoms with Crippen LogP contribution in [-0.2, 0) is 22.4 Å². The zero-order chi connectivity index (χ0) is 22.9. The molecule has 8 heteroatoms. The molecule has 0 bridgehead atoms. The number of phenols is 1. The minimum atomic E-state index is -1.45. The third-order valence-electron chi connectivity index (χ3n) is 4.92. The van der Waals surface area contributed by atoms with Crippen LogP contribution in [0.4, 0.5) is 0 Å². The van der Waals surface area contributed by atoms with Crippen molar-refractivity contribution in [2.75, 3.05) is 0 Å². The third-order valence-corrected chi connectivity index (χ3v) is 4.92. The minimum Gasteiger partial charge on any atom is -0.548 e. The van der Waals surface area contributed by atoms with Gasteiger partial charge in [0.25, 0.3) is 5.91 Å². The van der Waals surface area contributed by atoms with Gasteiger partial charge in [0.2, 0.25) is 5.91 Å². The van der Waals surface area contributed by atoms with E-state index in [2.05, 4.69) is 10.6 Å². The van der Waals surface area contributed by atoms with E-state index >= 15 is 0 Å². The molecule has 3 rings (SSSR count). The fourth-order valence-electron chi connectivity index (χ4n) is 3.22. The Kier molecular flexibility index (Phi) is 10.1. The third kappa shape index (κ3) is 8.05. The van der Waals surface area contributed by atoms with Crippen molar-refractivity contribution in [1.29, 1.82) is 0 Å². The maximum atomic E-state index is 13.0. The first-order valence-electron chi connectivity index (χ1n) is 10.1. The fourth-order valence-corrected chi connectivity index (χ4v) is 3.22. The average Bonchev–Trinajstić information content (AvgIpc) is 2.80. The van der Waals surface area contributed by atoms with Gasteiger partial charge in [0, 0.05) is 12.0 Å². The molecule has 2 atom stereocenters. The van der Waals surface area contributed by atoms with E-state index in [9.17, 15) is 24.6 Å². The summed E-state index contributed by atoms with van der Waals surface area (Å²) in [7, 11) is 0. The van der Waals surface area contributed by atoms with Crippen molar-refractivity contribution >= 4 is 17.8 Å². The van der Waals surface area contributed by atoms with E-state index in [-0.39, 0.29) is 48.1 Å². The van der Waals surface area contributed by atoms with Crippen LogP contribution in [0.5, 0.6) is 5.75 Å². The smallest absolute Gasteiger partial charge is 0.548 e. The van der Waals surface area contributed by atoms with Crippen molar-refractivity contribution in [2.24, 2.45) is 0 Å². The Balaban J connectivity index is 0.00000385. The first-order chi connectivity index (χ1) is 15.4. The number of aromatic hydroxyl groups is 1. The number of amides is 2. The standard InChI is InChI=1S/C25H24N2O5.Na/c28-20-13-11-18(12-14-20)16-22(25(31)32)27-24(30)21(15-17-7-3-1-4-8-17)26-23(29)19-9-5-2-6-10-19;/h1-14,21-22,28H,15-16H2,(H,26,29)(H,27,30)(H,31,32);/q;+1/p-1/t21-,22-;/m0./s1. The SMILES string of the molecule is O=C(N[C@@H](Cc1ccccc1)C(=O)N[C@@H](Cc1ccc(O)cc1)C(=O)[O-])c1ccccc1.[Na+]. The molecule has 0 aliphatic heterocycles. The Morgan fingerprint density at radius 1 is 0.727 bits per heavy atom. The Hall–Kier alpha value is -3.13. The van der Waals surface area contributed by atoms with Crippen molar-refractivity contribution in [2.45, 2.75) is 24.9 Å². The van der Waals surface area contributed by atoms with Crippen LogP contribution >= 0.6 is 0 Å². The molecule has 3 aromatic carbocycles. The molecule has 0 fully saturated rings. The molecular formula is C25H23N2NaO5. The summed E-state index contributed by atoms with van der Waals surface area (Å²) in [6.07, 6.45) is 0.156. The normalized spacial score (nSPS) is 12.0. The Morgan fingerprint density at radius 3 is 1.82 bits per heavy atom. The second-order valence-corrected chi connectivity index (χ2v) is 7.33. The van der Waals surface area contributed by atoms with Gasteiger partial charge in [-0.05, 0) is 41.8 Å². The summed E-state index contributed by atoms with van der Waals surface area (Å²) in [6, 6.07) is 21.3. The van der Waals surface area contributed by atoms with Crippen LogP contribution in [0.25, 0.3) is 0 Å². The molecule has 0 radical (unpaired) electrons. The number of carbonyl (C=O) groups excluding carboxylic acids is 3. The van der Waals surface area contributed by atoms with Crippen molar-refractivity contribution in [3.63, 3.8) is 0 Å². The van der Waals surface area contributed by atoms with Crippen LogP contribution in [0.2, 0.25) is 0 Å². The maximum absolute atomic E-state index is 13.0. The monoisotopic (exact) mass is 454 g/mol. The van der Waals surface area contributed by atoms with Crippen LogP contribution in [-0.4, -0.2) is 35.0 Å². The first kappa shape index (κ1) is 26.1. The zero-order valence-corrected chi connectivity index (χ0v) is 20.2. The van der Waals surface area contributed by atoms with Crippen molar-refractivity contribution in [3.05, 3.63) is 102 Å². The number of rotatable bonds is 9. The van der Waals surface area contributed by atoms with E-state index in [0.29, 0.717) is 11.1 Å². The van der Waals surface area contributed by atoms with E-state index in [1.54, 1.807) is 42.5 Å². The van der Waals surface area contributed by atoms with Crippen LogP contribution in [0.1, 0.15) is 21.5 Å². The Labute approximate surface area is 214 Å². The molecule has 0 saturated carbocycles. The summed E-state index contributed by atoms with van der Waals surface area (Å²) in [5, 5.41) is 26.2.